The van der Waals surface area contributed by atoms with Gasteiger partial charge in [0.05, 0.1) is 5.52 Å². The molecular weight excluding hydrogens is 162 g/mol. The molecule has 0 saturated carbocycles. The van der Waals surface area contributed by atoms with E-state index in [0.29, 0.717) is 11.5 Å². The molecule has 66 valence electrons. The quantitative estimate of drug-likeness (QED) is 0.596. The average Bonchev–Trinajstić information content (AvgIpc) is 2.02. The summed E-state index contributed by atoms with van der Waals surface area (Å²) in [5, 5.41) is 1.10. The van der Waals surface area contributed by atoms with Gasteiger partial charge in [-0.2, -0.15) is 0 Å². The van der Waals surface area contributed by atoms with Gasteiger partial charge in [-0.05, 0) is 30.7 Å². The zero-order chi connectivity index (χ0) is 9.42. The van der Waals surface area contributed by atoms with Gasteiger partial charge in [0.2, 0.25) is 0 Å². The zero-order valence-corrected chi connectivity index (χ0v) is 7.41. The van der Waals surface area contributed by atoms with Gasteiger partial charge >= 0.3 is 0 Å². The van der Waals surface area contributed by atoms with Crippen molar-refractivity contribution in [3.05, 3.63) is 29.8 Å². The summed E-state index contributed by atoms with van der Waals surface area (Å²) in [6, 6.07) is 7.52. The lowest BCUT2D eigenvalue weighted by atomic mass is 10.1. The smallest absolute Gasteiger partial charge is 0.124 e. The molecule has 0 fully saturated rings. The Morgan fingerprint density at radius 3 is 2.69 bits per heavy atom. The first kappa shape index (κ1) is 7.86. The third-order valence-corrected chi connectivity index (χ3v) is 2.06. The van der Waals surface area contributed by atoms with Crippen molar-refractivity contribution in [1.29, 1.82) is 0 Å². The van der Waals surface area contributed by atoms with Gasteiger partial charge in [0.25, 0.3) is 0 Å². The number of hydrogen-bond donors (Lipinski definition) is 2. The number of aromatic nitrogens is 1. The molecule has 0 unspecified atom stereocenters. The van der Waals surface area contributed by atoms with E-state index in [-0.39, 0.29) is 0 Å². The fourth-order valence-electron chi connectivity index (χ4n) is 1.45. The van der Waals surface area contributed by atoms with Gasteiger partial charge in [0.1, 0.15) is 5.82 Å². The maximum Gasteiger partial charge on any atom is 0.124 e. The van der Waals surface area contributed by atoms with Crippen LogP contribution in [0.25, 0.3) is 10.9 Å². The van der Waals surface area contributed by atoms with E-state index in [1.54, 1.807) is 0 Å². The third kappa shape index (κ3) is 1.28. The number of rotatable bonds is 0. The summed E-state index contributed by atoms with van der Waals surface area (Å²) in [5.74, 6) is 0.538. The molecule has 3 heteroatoms. The van der Waals surface area contributed by atoms with E-state index < -0.39 is 0 Å². The Morgan fingerprint density at radius 2 is 1.92 bits per heavy atom. The Hall–Kier alpha value is -1.77. The Kier molecular flexibility index (Phi) is 1.59. The van der Waals surface area contributed by atoms with Crippen molar-refractivity contribution in [2.45, 2.75) is 6.92 Å². The Labute approximate surface area is 76.4 Å². The predicted octanol–water partition coefficient (Wildman–Crippen LogP) is 1.71. The second kappa shape index (κ2) is 2.62. The van der Waals surface area contributed by atoms with Crippen LogP contribution < -0.4 is 11.5 Å². The van der Waals surface area contributed by atoms with Crippen molar-refractivity contribution in [3.63, 3.8) is 0 Å². The first-order chi connectivity index (χ1) is 6.16. The molecule has 3 nitrogen and oxygen atoms in total. The Bertz CT molecular complexity index is 458. The van der Waals surface area contributed by atoms with E-state index >= 15 is 0 Å². The van der Waals surface area contributed by atoms with Crippen LogP contribution in [0.2, 0.25) is 0 Å². The van der Waals surface area contributed by atoms with Gasteiger partial charge in [-0.15, -0.1) is 0 Å². The molecule has 1 aromatic heterocycles. The average molecular weight is 173 g/mol. The number of nitrogens with two attached hydrogens (primary N) is 2. The molecular formula is C10H11N3. The van der Waals surface area contributed by atoms with Gasteiger partial charge in [-0.25, -0.2) is 4.98 Å². The SMILES string of the molecule is Cc1cc(N)nc2cc(N)ccc12. The zero-order valence-electron chi connectivity index (χ0n) is 7.41. The van der Waals surface area contributed by atoms with E-state index in [9.17, 15) is 0 Å². The second-order valence-corrected chi connectivity index (χ2v) is 3.14. The number of fused-ring (bicyclic) bond motifs is 1. The van der Waals surface area contributed by atoms with Crippen molar-refractivity contribution >= 4 is 22.4 Å². The highest BCUT2D eigenvalue weighted by Crippen LogP contribution is 2.20. The van der Waals surface area contributed by atoms with Gasteiger partial charge < -0.3 is 11.5 Å². The van der Waals surface area contributed by atoms with Gasteiger partial charge in [0, 0.05) is 11.1 Å². The van der Waals surface area contributed by atoms with E-state index in [0.717, 1.165) is 16.5 Å². The normalized spacial score (nSPS) is 10.5. The first-order valence-electron chi connectivity index (χ1n) is 4.09. The minimum Gasteiger partial charge on any atom is -0.399 e. The van der Waals surface area contributed by atoms with Gasteiger partial charge in [-0.3, -0.25) is 0 Å². The standard InChI is InChI=1S/C10H11N3/c1-6-4-10(12)13-9-5-7(11)2-3-8(6)9/h2-5H,11H2,1H3,(H2,12,13). The van der Waals surface area contributed by atoms with E-state index in [1.165, 1.54) is 0 Å². The number of pyridine rings is 1. The maximum absolute atomic E-state index is 5.64. The fourth-order valence-corrected chi connectivity index (χ4v) is 1.45. The largest absolute Gasteiger partial charge is 0.399 e. The molecule has 2 rings (SSSR count). The molecule has 0 atom stereocenters. The minimum absolute atomic E-state index is 0.538. The number of hydrogen-bond acceptors (Lipinski definition) is 3. The molecule has 0 spiro atoms. The van der Waals surface area contributed by atoms with Crippen LogP contribution in [-0.4, -0.2) is 4.98 Å². The van der Waals surface area contributed by atoms with Crippen molar-refractivity contribution in [1.82, 2.24) is 4.98 Å². The molecule has 13 heavy (non-hydrogen) atoms. The molecule has 0 amide bonds. The van der Waals surface area contributed by atoms with E-state index in [4.69, 9.17) is 11.5 Å². The summed E-state index contributed by atoms with van der Waals surface area (Å²) < 4.78 is 0. The third-order valence-electron chi connectivity index (χ3n) is 2.06. The molecule has 1 heterocycles. The molecule has 4 N–H and O–H groups in total. The topological polar surface area (TPSA) is 64.9 Å². The number of anilines is 2. The van der Waals surface area contributed by atoms with Crippen LogP contribution in [0.5, 0.6) is 0 Å². The fraction of sp³-hybridized carbons (Fsp3) is 0.100. The summed E-state index contributed by atoms with van der Waals surface area (Å²) >= 11 is 0. The van der Waals surface area contributed by atoms with Crippen LogP contribution in [0.15, 0.2) is 24.3 Å². The predicted molar refractivity (Wildman–Crippen MR) is 55.3 cm³/mol. The van der Waals surface area contributed by atoms with E-state index in [2.05, 4.69) is 4.98 Å². The number of aryl methyl sites for hydroxylation is 1. The molecule has 0 radical (unpaired) electrons. The molecule has 0 aliphatic carbocycles. The summed E-state index contributed by atoms with van der Waals surface area (Å²) in [5.41, 5.74) is 14.0. The summed E-state index contributed by atoms with van der Waals surface area (Å²) in [6.07, 6.45) is 0. The van der Waals surface area contributed by atoms with Gasteiger partial charge in [-0.1, -0.05) is 6.07 Å². The number of nitrogen functional groups attached to an aromatic ring is 2. The lowest BCUT2D eigenvalue weighted by Gasteiger charge is -2.03. The monoisotopic (exact) mass is 173 g/mol. The van der Waals surface area contributed by atoms with Crippen LogP contribution in [0, 0.1) is 6.92 Å². The van der Waals surface area contributed by atoms with Crippen LogP contribution in [0.1, 0.15) is 5.56 Å². The van der Waals surface area contributed by atoms with Crippen LogP contribution in [-0.2, 0) is 0 Å². The summed E-state index contributed by atoms with van der Waals surface area (Å²) in [6.45, 7) is 2.01. The molecule has 0 saturated heterocycles. The summed E-state index contributed by atoms with van der Waals surface area (Å²) in [7, 11) is 0. The van der Waals surface area contributed by atoms with Crippen LogP contribution in [0.4, 0.5) is 11.5 Å². The number of nitrogens with zero attached hydrogens (tertiary/aromatic N) is 1. The highest BCUT2D eigenvalue weighted by molar-refractivity contribution is 5.86. The Morgan fingerprint density at radius 1 is 1.15 bits per heavy atom. The lowest BCUT2D eigenvalue weighted by molar-refractivity contribution is 1.37. The minimum atomic E-state index is 0.538. The van der Waals surface area contributed by atoms with E-state index in [1.807, 2.05) is 31.2 Å². The highest BCUT2D eigenvalue weighted by atomic mass is 14.8. The molecule has 0 aliphatic rings. The van der Waals surface area contributed by atoms with Crippen molar-refractivity contribution in [3.8, 4) is 0 Å². The summed E-state index contributed by atoms with van der Waals surface area (Å²) in [4.78, 5) is 4.20. The lowest BCUT2D eigenvalue weighted by Crippen LogP contribution is -1.93. The van der Waals surface area contributed by atoms with Crippen LogP contribution in [0.3, 0.4) is 0 Å². The van der Waals surface area contributed by atoms with Crippen molar-refractivity contribution < 1.29 is 0 Å². The number of benzene rings is 1. The maximum atomic E-state index is 5.64. The highest BCUT2D eigenvalue weighted by Gasteiger charge is 2.00. The molecule has 2 aromatic rings. The van der Waals surface area contributed by atoms with Crippen molar-refractivity contribution in [2.75, 3.05) is 11.5 Å². The Balaban J connectivity index is 2.86. The van der Waals surface area contributed by atoms with Crippen molar-refractivity contribution in [2.24, 2.45) is 0 Å². The molecule has 0 aliphatic heterocycles. The first-order valence-corrected chi connectivity index (χ1v) is 4.09. The second-order valence-electron chi connectivity index (χ2n) is 3.14. The molecule has 0 bridgehead atoms. The van der Waals surface area contributed by atoms with Gasteiger partial charge in [0.15, 0.2) is 0 Å². The van der Waals surface area contributed by atoms with Crippen LogP contribution >= 0.6 is 0 Å². The molecule has 1 aromatic carbocycles.